The minimum Gasteiger partial charge on any atom is -0.496 e. The van der Waals surface area contributed by atoms with Gasteiger partial charge in [0, 0.05) is 35.8 Å². The molecule has 1 aliphatic heterocycles. The van der Waals surface area contributed by atoms with Crippen LogP contribution in [-0.2, 0) is 11.2 Å². The smallest absolute Gasteiger partial charge is 0.227 e. The predicted molar refractivity (Wildman–Crippen MR) is 80.3 cm³/mol. The Morgan fingerprint density at radius 1 is 1.40 bits per heavy atom. The molecule has 5 heteroatoms. The molecule has 1 aromatic carbocycles. The molecule has 2 rings (SSSR count). The van der Waals surface area contributed by atoms with E-state index in [1.54, 1.807) is 25.3 Å². The normalized spacial score (nSPS) is 22.7. The number of benzene rings is 1. The summed E-state index contributed by atoms with van der Waals surface area (Å²) < 4.78 is 5.29. The molecule has 2 unspecified atom stereocenters. The molecule has 0 bridgehead atoms. The van der Waals surface area contributed by atoms with Crippen molar-refractivity contribution < 1.29 is 9.53 Å². The topological polar surface area (TPSA) is 41.6 Å². The van der Waals surface area contributed by atoms with Gasteiger partial charge in [0.05, 0.1) is 13.5 Å². The fourth-order valence-electron chi connectivity index (χ4n) is 2.69. The minimum absolute atomic E-state index is 0.116. The van der Waals surface area contributed by atoms with Gasteiger partial charge in [0.2, 0.25) is 5.91 Å². The van der Waals surface area contributed by atoms with Gasteiger partial charge in [-0.05, 0) is 32.0 Å². The molecule has 0 radical (unpaired) electrons. The van der Waals surface area contributed by atoms with Gasteiger partial charge in [-0.2, -0.15) is 0 Å². The van der Waals surface area contributed by atoms with Crippen molar-refractivity contribution in [1.29, 1.82) is 0 Å². The molecule has 1 heterocycles. The average molecular weight is 297 g/mol. The number of hydrogen-bond donors (Lipinski definition) is 1. The summed E-state index contributed by atoms with van der Waals surface area (Å²) in [5.74, 6) is 0.824. The van der Waals surface area contributed by atoms with Crippen LogP contribution in [0.25, 0.3) is 0 Å². The minimum atomic E-state index is 0.116. The summed E-state index contributed by atoms with van der Waals surface area (Å²) in [6, 6.07) is 6.01. The van der Waals surface area contributed by atoms with E-state index >= 15 is 0 Å². The van der Waals surface area contributed by atoms with E-state index in [0.29, 0.717) is 29.3 Å². The van der Waals surface area contributed by atoms with E-state index in [2.05, 4.69) is 19.2 Å². The standard InChI is InChI=1S/C15H21ClN2O2/c1-10-8-18(9-11(2)17-10)15(19)7-12-6-13(16)4-5-14(12)20-3/h4-6,10-11,17H,7-9H2,1-3H3. The van der Waals surface area contributed by atoms with Crippen molar-refractivity contribution >= 4 is 17.5 Å². The van der Waals surface area contributed by atoms with Crippen LogP contribution in [0.15, 0.2) is 18.2 Å². The Morgan fingerprint density at radius 2 is 2.05 bits per heavy atom. The first-order valence-corrected chi connectivity index (χ1v) is 7.23. The zero-order chi connectivity index (χ0) is 14.7. The van der Waals surface area contributed by atoms with Gasteiger partial charge in [0.1, 0.15) is 5.75 Å². The summed E-state index contributed by atoms with van der Waals surface area (Å²) in [4.78, 5) is 14.3. The number of ether oxygens (including phenoxy) is 1. The van der Waals surface area contributed by atoms with Crippen LogP contribution < -0.4 is 10.1 Å². The summed E-state index contributed by atoms with van der Waals surface area (Å²) >= 11 is 6.00. The second-order valence-corrected chi connectivity index (χ2v) is 5.84. The van der Waals surface area contributed by atoms with E-state index in [4.69, 9.17) is 16.3 Å². The number of amides is 1. The zero-order valence-corrected chi connectivity index (χ0v) is 12.9. The molecular formula is C15H21ClN2O2. The Bertz CT molecular complexity index is 483. The van der Waals surface area contributed by atoms with Gasteiger partial charge < -0.3 is 15.0 Å². The average Bonchev–Trinajstić information content (AvgIpc) is 2.37. The maximum Gasteiger partial charge on any atom is 0.227 e. The van der Waals surface area contributed by atoms with E-state index in [1.165, 1.54) is 0 Å². The van der Waals surface area contributed by atoms with Gasteiger partial charge in [-0.25, -0.2) is 0 Å². The second kappa shape index (κ2) is 6.46. The summed E-state index contributed by atoms with van der Waals surface area (Å²) in [5, 5.41) is 4.04. The van der Waals surface area contributed by atoms with Crippen LogP contribution in [0, 0.1) is 0 Å². The van der Waals surface area contributed by atoms with Crippen LogP contribution in [0.4, 0.5) is 0 Å². The molecule has 1 N–H and O–H groups in total. The highest BCUT2D eigenvalue weighted by Gasteiger charge is 2.25. The summed E-state index contributed by atoms with van der Waals surface area (Å²) in [7, 11) is 1.60. The van der Waals surface area contributed by atoms with Gasteiger partial charge in [-0.3, -0.25) is 4.79 Å². The van der Waals surface area contributed by atoms with Crippen molar-refractivity contribution in [2.75, 3.05) is 20.2 Å². The molecule has 4 nitrogen and oxygen atoms in total. The first-order chi connectivity index (χ1) is 9.49. The lowest BCUT2D eigenvalue weighted by atomic mass is 10.1. The fourth-order valence-corrected chi connectivity index (χ4v) is 2.89. The van der Waals surface area contributed by atoms with E-state index in [9.17, 15) is 4.79 Å². The molecule has 20 heavy (non-hydrogen) atoms. The Balaban J connectivity index is 2.09. The molecule has 0 aliphatic carbocycles. The van der Waals surface area contributed by atoms with E-state index < -0.39 is 0 Å². The van der Waals surface area contributed by atoms with Crippen LogP contribution in [-0.4, -0.2) is 43.1 Å². The number of methoxy groups -OCH3 is 1. The molecule has 0 aromatic heterocycles. The molecule has 2 atom stereocenters. The van der Waals surface area contributed by atoms with Crippen LogP contribution in [0.3, 0.4) is 0 Å². The third-order valence-electron chi connectivity index (χ3n) is 3.49. The van der Waals surface area contributed by atoms with Crippen LogP contribution >= 0.6 is 11.6 Å². The van der Waals surface area contributed by atoms with Gasteiger partial charge in [0.15, 0.2) is 0 Å². The molecule has 1 fully saturated rings. The molecule has 0 spiro atoms. The van der Waals surface area contributed by atoms with Crippen LogP contribution in [0.5, 0.6) is 5.75 Å². The molecular weight excluding hydrogens is 276 g/mol. The molecule has 1 aromatic rings. The van der Waals surface area contributed by atoms with Gasteiger partial charge in [-0.15, -0.1) is 0 Å². The monoisotopic (exact) mass is 296 g/mol. The number of carbonyl (C=O) groups is 1. The first-order valence-electron chi connectivity index (χ1n) is 6.86. The number of halogens is 1. The van der Waals surface area contributed by atoms with Crippen molar-refractivity contribution in [2.24, 2.45) is 0 Å². The summed E-state index contributed by atoms with van der Waals surface area (Å²) in [6.07, 6.45) is 0.323. The van der Waals surface area contributed by atoms with E-state index in [0.717, 1.165) is 18.7 Å². The highest BCUT2D eigenvalue weighted by atomic mass is 35.5. The maximum atomic E-state index is 12.4. The van der Waals surface area contributed by atoms with Crippen LogP contribution in [0.1, 0.15) is 19.4 Å². The third-order valence-corrected chi connectivity index (χ3v) is 3.73. The fraction of sp³-hybridized carbons (Fsp3) is 0.533. The molecule has 110 valence electrons. The second-order valence-electron chi connectivity index (χ2n) is 5.40. The van der Waals surface area contributed by atoms with Crippen molar-refractivity contribution in [3.63, 3.8) is 0 Å². The number of nitrogens with zero attached hydrogens (tertiary/aromatic N) is 1. The lowest BCUT2D eigenvalue weighted by Crippen LogP contribution is -2.56. The van der Waals surface area contributed by atoms with Crippen molar-refractivity contribution in [3.8, 4) is 5.75 Å². The summed E-state index contributed by atoms with van der Waals surface area (Å²) in [5.41, 5.74) is 0.837. The maximum absolute atomic E-state index is 12.4. The quantitative estimate of drug-likeness (QED) is 0.929. The number of nitrogens with one attached hydrogen (secondary N) is 1. The Hall–Kier alpha value is -1.26. The largest absolute Gasteiger partial charge is 0.496 e. The molecule has 1 amide bonds. The van der Waals surface area contributed by atoms with Crippen molar-refractivity contribution in [2.45, 2.75) is 32.4 Å². The summed E-state index contributed by atoms with van der Waals surface area (Å²) in [6.45, 7) is 5.67. The zero-order valence-electron chi connectivity index (χ0n) is 12.1. The van der Waals surface area contributed by atoms with E-state index in [-0.39, 0.29) is 5.91 Å². The molecule has 0 saturated carbocycles. The number of piperazine rings is 1. The van der Waals surface area contributed by atoms with E-state index in [1.807, 2.05) is 4.90 Å². The number of hydrogen-bond acceptors (Lipinski definition) is 3. The van der Waals surface area contributed by atoms with Gasteiger partial charge in [0.25, 0.3) is 0 Å². The third kappa shape index (κ3) is 3.64. The van der Waals surface area contributed by atoms with Gasteiger partial charge >= 0.3 is 0 Å². The first kappa shape index (κ1) is 15.1. The van der Waals surface area contributed by atoms with Crippen molar-refractivity contribution in [1.82, 2.24) is 10.2 Å². The predicted octanol–water partition coefficient (Wildman–Crippen LogP) is 2.10. The Kier molecular flexibility index (Phi) is 4.89. The Labute approximate surface area is 125 Å². The lowest BCUT2D eigenvalue weighted by Gasteiger charge is -2.36. The SMILES string of the molecule is COc1ccc(Cl)cc1CC(=O)N1CC(C)NC(C)C1. The van der Waals surface area contributed by atoms with Gasteiger partial charge in [-0.1, -0.05) is 11.6 Å². The Morgan fingerprint density at radius 3 is 2.65 bits per heavy atom. The lowest BCUT2D eigenvalue weighted by molar-refractivity contribution is -0.132. The van der Waals surface area contributed by atoms with Crippen LogP contribution in [0.2, 0.25) is 5.02 Å². The molecule has 1 aliphatic rings. The number of carbonyl (C=O) groups excluding carboxylic acids is 1. The molecule has 1 saturated heterocycles. The highest BCUT2D eigenvalue weighted by molar-refractivity contribution is 6.30. The van der Waals surface area contributed by atoms with Crippen molar-refractivity contribution in [3.05, 3.63) is 28.8 Å². The highest BCUT2D eigenvalue weighted by Crippen LogP contribution is 2.23. The number of rotatable bonds is 3.